The minimum atomic E-state index is -0.437. The summed E-state index contributed by atoms with van der Waals surface area (Å²) in [6, 6.07) is 6.14. The highest BCUT2D eigenvalue weighted by Crippen LogP contribution is 2.37. The van der Waals surface area contributed by atoms with E-state index >= 15 is 0 Å². The summed E-state index contributed by atoms with van der Waals surface area (Å²) in [7, 11) is 0. The van der Waals surface area contributed by atoms with Crippen LogP contribution in [-0.4, -0.2) is 83.9 Å². The highest BCUT2D eigenvalue weighted by atomic mass is 19.1. The van der Waals surface area contributed by atoms with Crippen LogP contribution in [0.4, 0.5) is 4.39 Å². The van der Waals surface area contributed by atoms with Crippen LogP contribution >= 0.6 is 0 Å². The van der Waals surface area contributed by atoms with E-state index in [9.17, 15) is 14.0 Å². The Labute approximate surface area is 202 Å². The van der Waals surface area contributed by atoms with E-state index < -0.39 is 6.04 Å². The minimum absolute atomic E-state index is 0.0788. The highest BCUT2D eigenvalue weighted by Gasteiger charge is 2.46. The summed E-state index contributed by atoms with van der Waals surface area (Å²) in [5.74, 6) is 0.312. The van der Waals surface area contributed by atoms with Gasteiger partial charge in [-0.2, -0.15) is 0 Å². The molecule has 0 radical (unpaired) electrons. The number of carbonyl (C=O) groups is 2. The first-order chi connectivity index (χ1) is 16.6. The molecule has 7 heteroatoms. The molecule has 2 aliphatic carbocycles. The molecule has 186 valence electrons. The maximum Gasteiger partial charge on any atom is 0.254 e. The van der Waals surface area contributed by atoms with Crippen LogP contribution in [-0.2, 0) is 4.79 Å². The summed E-state index contributed by atoms with van der Waals surface area (Å²) in [6.07, 6.45) is 10.7. The van der Waals surface area contributed by atoms with E-state index in [-0.39, 0.29) is 23.7 Å². The van der Waals surface area contributed by atoms with Gasteiger partial charge in [0.1, 0.15) is 11.9 Å². The first-order valence-corrected chi connectivity index (χ1v) is 13.4. The minimum Gasteiger partial charge on any atom is -0.340 e. The molecule has 0 aromatic heterocycles. The molecular weight excluding hydrogens is 431 g/mol. The monoisotopic (exact) mass is 470 g/mol. The van der Waals surface area contributed by atoms with Crippen molar-refractivity contribution in [3.8, 4) is 0 Å². The zero-order chi connectivity index (χ0) is 23.5. The van der Waals surface area contributed by atoms with Crippen molar-refractivity contribution in [2.75, 3.05) is 39.3 Å². The molecule has 2 saturated heterocycles. The van der Waals surface area contributed by atoms with E-state index in [1.165, 1.54) is 57.1 Å². The van der Waals surface area contributed by atoms with Crippen LogP contribution in [0.25, 0.3) is 0 Å². The number of nitrogens with one attached hydrogen (secondary N) is 1. The standard InChI is InChI=1S/C27H39FN4O2/c28-22-9-7-21(8-10-22)26(33)32-19-24(17-25(32)27(34)30-15-4-13-29-14-16-30)31(23-11-12-23)18-20-5-2-1-3-6-20/h7-10,20,23-25,29H,1-6,11-19H2. The van der Waals surface area contributed by atoms with Gasteiger partial charge in [0.25, 0.3) is 5.91 Å². The second-order valence-electron chi connectivity index (χ2n) is 10.7. The molecule has 2 heterocycles. The van der Waals surface area contributed by atoms with Crippen molar-refractivity contribution >= 4 is 11.8 Å². The number of halogens is 1. The highest BCUT2D eigenvalue weighted by molar-refractivity contribution is 5.98. The van der Waals surface area contributed by atoms with E-state index in [1.54, 1.807) is 17.0 Å². The fourth-order valence-electron chi connectivity index (χ4n) is 6.22. The number of hydrogen-bond donors (Lipinski definition) is 1. The Balaban J connectivity index is 1.36. The summed E-state index contributed by atoms with van der Waals surface area (Å²) in [4.78, 5) is 33.7. The van der Waals surface area contributed by atoms with E-state index in [0.29, 0.717) is 31.1 Å². The Morgan fingerprint density at radius 2 is 1.71 bits per heavy atom. The fraction of sp³-hybridized carbons (Fsp3) is 0.704. The zero-order valence-corrected chi connectivity index (χ0v) is 20.3. The molecular formula is C27H39FN4O2. The maximum absolute atomic E-state index is 13.7. The molecule has 0 bridgehead atoms. The number of hydrogen-bond acceptors (Lipinski definition) is 4. The number of rotatable bonds is 6. The van der Waals surface area contributed by atoms with Gasteiger partial charge in [-0.05, 0) is 75.3 Å². The Morgan fingerprint density at radius 3 is 2.44 bits per heavy atom. The van der Waals surface area contributed by atoms with Crippen molar-refractivity contribution in [1.82, 2.24) is 20.0 Å². The van der Waals surface area contributed by atoms with Gasteiger partial charge in [0.05, 0.1) is 0 Å². The molecule has 0 spiro atoms. The lowest BCUT2D eigenvalue weighted by atomic mass is 9.88. The normalized spacial score (nSPS) is 26.6. The van der Waals surface area contributed by atoms with Gasteiger partial charge in [0, 0.05) is 50.4 Å². The van der Waals surface area contributed by atoms with Crippen LogP contribution in [0.5, 0.6) is 0 Å². The molecule has 2 aliphatic heterocycles. The van der Waals surface area contributed by atoms with Gasteiger partial charge in [-0.25, -0.2) is 4.39 Å². The Bertz CT molecular complexity index is 845. The average molecular weight is 471 g/mol. The lowest BCUT2D eigenvalue weighted by Crippen LogP contribution is -2.48. The number of nitrogens with zero attached hydrogens (tertiary/aromatic N) is 3. The molecule has 4 fully saturated rings. The van der Waals surface area contributed by atoms with Crippen molar-refractivity contribution in [1.29, 1.82) is 0 Å². The van der Waals surface area contributed by atoms with Crippen molar-refractivity contribution in [2.45, 2.75) is 75.9 Å². The van der Waals surface area contributed by atoms with E-state index in [4.69, 9.17) is 0 Å². The maximum atomic E-state index is 13.7. The number of benzene rings is 1. The third-order valence-electron chi connectivity index (χ3n) is 8.25. The first-order valence-electron chi connectivity index (χ1n) is 13.4. The van der Waals surface area contributed by atoms with Crippen molar-refractivity contribution in [2.24, 2.45) is 5.92 Å². The molecule has 1 aromatic rings. The molecule has 1 N–H and O–H groups in total. The van der Waals surface area contributed by atoms with Crippen LogP contribution in [0.2, 0.25) is 0 Å². The second-order valence-corrected chi connectivity index (χ2v) is 10.7. The van der Waals surface area contributed by atoms with Crippen LogP contribution < -0.4 is 5.32 Å². The number of likely N-dealkylation sites (tertiary alicyclic amines) is 1. The number of amides is 2. The average Bonchev–Trinajstić information content (AvgIpc) is 3.66. The molecule has 5 rings (SSSR count). The van der Waals surface area contributed by atoms with E-state index in [2.05, 4.69) is 10.2 Å². The first kappa shape index (κ1) is 23.7. The quantitative estimate of drug-likeness (QED) is 0.693. The molecule has 1 aromatic carbocycles. The van der Waals surface area contributed by atoms with Crippen molar-refractivity contribution < 1.29 is 14.0 Å². The topological polar surface area (TPSA) is 55.9 Å². The van der Waals surface area contributed by atoms with Gasteiger partial charge in [-0.1, -0.05) is 19.3 Å². The predicted molar refractivity (Wildman–Crippen MR) is 130 cm³/mol. The van der Waals surface area contributed by atoms with Gasteiger partial charge in [-0.15, -0.1) is 0 Å². The zero-order valence-electron chi connectivity index (χ0n) is 20.3. The summed E-state index contributed by atoms with van der Waals surface area (Å²) >= 11 is 0. The summed E-state index contributed by atoms with van der Waals surface area (Å²) < 4.78 is 13.5. The second kappa shape index (κ2) is 10.7. The van der Waals surface area contributed by atoms with E-state index in [1.807, 2.05) is 4.90 Å². The molecule has 4 aliphatic rings. The Kier molecular flexibility index (Phi) is 7.49. The van der Waals surface area contributed by atoms with Crippen molar-refractivity contribution in [3.63, 3.8) is 0 Å². The van der Waals surface area contributed by atoms with Gasteiger partial charge in [-0.3, -0.25) is 14.5 Å². The fourth-order valence-corrected chi connectivity index (χ4v) is 6.22. The molecule has 34 heavy (non-hydrogen) atoms. The Hall–Kier alpha value is -1.99. The summed E-state index contributed by atoms with van der Waals surface area (Å²) in [5, 5.41) is 3.37. The summed E-state index contributed by atoms with van der Waals surface area (Å²) in [5.41, 5.74) is 0.461. The van der Waals surface area contributed by atoms with Gasteiger partial charge >= 0.3 is 0 Å². The van der Waals surface area contributed by atoms with Crippen molar-refractivity contribution in [3.05, 3.63) is 35.6 Å². The molecule has 2 amide bonds. The van der Waals surface area contributed by atoms with Gasteiger partial charge in [0.2, 0.25) is 5.91 Å². The lowest BCUT2D eigenvalue weighted by molar-refractivity contribution is -0.135. The molecule has 2 unspecified atom stereocenters. The number of carbonyl (C=O) groups excluding carboxylic acids is 2. The van der Waals surface area contributed by atoms with Gasteiger partial charge < -0.3 is 15.1 Å². The molecule has 2 saturated carbocycles. The third-order valence-corrected chi connectivity index (χ3v) is 8.25. The lowest BCUT2D eigenvalue weighted by Gasteiger charge is -2.34. The molecule has 2 atom stereocenters. The van der Waals surface area contributed by atoms with Gasteiger partial charge in [0.15, 0.2) is 0 Å². The third kappa shape index (κ3) is 5.46. The SMILES string of the molecule is O=C(C1CC(N(CC2CCCCC2)C2CC2)CN1C(=O)c1ccc(F)cc1)N1CCCNCC1. The van der Waals surface area contributed by atoms with E-state index in [0.717, 1.165) is 38.5 Å². The predicted octanol–water partition coefficient (Wildman–Crippen LogP) is 3.28. The smallest absolute Gasteiger partial charge is 0.254 e. The molecule has 6 nitrogen and oxygen atoms in total. The largest absolute Gasteiger partial charge is 0.340 e. The van der Waals surface area contributed by atoms with Crippen LogP contribution in [0.3, 0.4) is 0 Å². The Morgan fingerprint density at radius 1 is 0.941 bits per heavy atom. The van der Waals surface area contributed by atoms with Crippen LogP contribution in [0, 0.1) is 11.7 Å². The summed E-state index contributed by atoms with van der Waals surface area (Å²) in [6.45, 7) is 4.83. The van der Waals surface area contributed by atoms with Crippen LogP contribution in [0.15, 0.2) is 24.3 Å². The van der Waals surface area contributed by atoms with Crippen LogP contribution in [0.1, 0.15) is 68.1 Å².